The van der Waals surface area contributed by atoms with Gasteiger partial charge in [0.15, 0.2) is 5.96 Å². The molecule has 158 valence electrons. The number of ether oxygens (including phenoxy) is 1. The molecule has 1 aromatic heterocycles. The highest BCUT2D eigenvalue weighted by molar-refractivity contribution is 14.0. The summed E-state index contributed by atoms with van der Waals surface area (Å²) in [5, 5.41) is 7.07. The Labute approximate surface area is 186 Å². The van der Waals surface area contributed by atoms with Crippen LogP contribution in [0.5, 0.6) is 0 Å². The number of hydrogen-bond donors (Lipinski definition) is 2. The summed E-state index contributed by atoms with van der Waals surface area (Å²) in [6.45, 7) is 7.65. The van der Waals surface area contributed by atoms with Gasteiger partial charge in [-0.2, -0.15) is 0 Å². The Balaban J connectivity index is 0.00000280. The molecule has 1 aromatic rings. The molecule has 28 heavy (non-hydrogen) atoms. The molecule has 1 aliphatic heterocycles. The molecule has 0 aromatic carbocycles. The molecule has 2 N–H and O–H groups in total. The Morgan fingerprint density at radius 1 is 1.18 bits per heavy atom. The lowest BCUT2D eigenvalue weighted by atomic mass is 9.80. The molecule has 6 nitrogen and oxygen atoms in total. The summed E-state index contributed by atoms with van der Waals surface area (Å²) in [6.07, 6.45) is 9.46. The fourth-order valence-electron chi connectivity index (χ4n) is 4.29. The van der Waals surface area contributed by atoms with Crippen LogP contribution in [0.3, 0.4) is 0 Å². The van der Waals surface area contributed by atoms with Gasteiger partial charge in [-0.3, -0.25) is 14.9 Å². The van der Waals surface area contributed by atoms with Crippen LogP contribution >= 0.6 is 24.0 Å². The average Bonchev–Trinajstić information content (AvgIpc) is 2.73. The van der Waals surface area contributed by atoms with E-state index in [1.807, 2.05) is 20.2 Å². The predicted octanol–water partition coefficient (Wildman–Crippen LogP) is 2.75. The fraction of sp³-hybridized carbons (Fsp3) is 0.714. The van der Waals surface area contributed by atoms with Crippen molar-refractivity contribution in [2.75, 3.05) is 46.4 Å². The van der Waals surface area contributed by atoms with Gasteiger partial charge in [-0.1, -0.05) is 25.3 Å². The molecular formula is C21H36IN5O. The Morgan fingerprint density at radius 2 is 1.93 bits per heavy atom. The van der Waals surface area contributed by atoms with E-state index in [0.717, 1.165) is 57.5 Å². The number of nitrogens with one attached hydrogen (secondary N) is 2. The van der Waals surface area contributed by atoms with Crippen molar-refractivity contribution < 1.29 is 4.74 Å². The third kappa shape index (κ3) is 6.56. The summed E-state index contributed by atoms with van der Waals surface area (Å²) in [5.41, 5.74) is 2.56. The van der Waals surface area contributed by atoms with Crippen molar-refractivity contribution in [2.45, 2.75) is 51.0 Å². The van der Waals surface area contributed by atoms with Gasteiger partial charge in [0.1, 0.15) is 0 Å². The second-order valence-electron chi connectivity index (χ2n) is 7.79. The van der Waals surface area contributed by atoms with E-state index in [4.69, 9.17) is 4.74 Å². The van der Waals surface area contributed by atoms with Crippen LogP contribution in [0.25, 0.3) is 0 Å². The summed E-state index contributed by atoms with van der Waals surface area (Å²) < 4.78 is 5.58. The lowest BCUT2D eigenvalue weighted by Gasteiger charge is -2.48. The van der Waals surface area contributed by atoms with Crippen LogP contribution in [0.15, 0.2) is 23.3 Å². The Morgan fingerprint density at radius 3 is 2.57 bits per heavy atom. The van der Waals surface area contributed by atoms with E-state index in [-0.39, 0.29) is 29.5 Å². The molecule has 0 spiro atoms. The number of pyridine rings is 1. The van der Waals surface area contributed by atoms with Gasteiger partial charge in [-0.05, 0) is 37.8 Å². The summed E-state index contributed by atoms with van der Waals surface area (Å²) in [7, 11) is 1.85. The number of aromatic nitrogens is 1. The van der Waals surface area contributed by atoms with Crippen LogP contribution < -0.4 is 10.6 Å². The average molecular weight is 501 g/mol. The number of nitrogens with zero attached hydrogens (tertiary/aromatic N) is 3. The summed E-state index contributed by atoms with van der Waals surface area (Å²) in [4.78, 5) is 11.5. The van der Waals surface area contributed by atoms with Crippen LogP contribution in [-0.4, -0.2) is 67.8 Å². The van der Waals surface area contributed by atoms with Gasteiger partial charge in [-0.15, -0.1) is 24.0 Å². The molecule has 1 saturated carbocycles. The second kappa shape index (κ2) is 11.9. The van der Waals surface area contributed by atoms with Gasteiger partial charge in [0, 0.05) is 50.7 Å². The zero-order chi connectivity index (χ0) is 19.0. The van der Waals surface area contributed by atoms with Gasteiger partial charge in [0.25, 0.3) is 0 Å². The lowest BCUT2D eigenvalue weighted by Crippen LogP contribution is -2.60. The maximum Gasteiger partial charge on any atom is 0.191 e. The van der Waals surface area contributed by atoms with E-state index in [1.54, 1.807) is 0 Å². The molecule has 0 atom stereocenters. The number of rotatable bonds is 6. The van der Waals surface area contributed by atoms with Gasteiger partial charge in [0.2, 0.25) is 0 Å². The van der Waals surface area contributed by atoms with Crippen LogP contribution in [-0.2, 0) is 11.2 Å². The van der Waals surface area contributed by atoms with Crippen molar-refractivity contribution in [2.24, 2.45) is 4.99 Å². The number of hydrogen-bond acceptors (Lipinski definition) is 4. The van der Waals surface area contributed by atoms with Crippen molar-refractivity contribution in [1.82, 2.24) is 20.5 Å². The summed E-state index contributed by atoms with van der Waals surface area (Å²) in [5.74, 6) is 0.897. The minimum Gasteiger partial charge on any atom is -0.379 e. The number of aryl methyl sites for hydroxylation is 1. The highest BCUT2D eigenvalue weighted by atomic mass is 127. The first-order chi connectivity index (χ1) is 13.2. The van der Waals surface area contributed by atoms with E-state index in [2.05, 4.69) is 37.6 Å². The maximum absolute atomic E-state index is 5.58. The van der Waals surface area contributed by atoms with Gasteiger partial charge in [-0.25, -0.2) is 0 Å². The van der Waals surface area contributed by atoms with Crippen molar-refractivity contribution in [1.29, 1.82) is 0 Å². The van der Waals surface area contributed by atoms with Crippen LogP contribution in [0.4, 0.5) is 0 Å². The molecule has 2 heterocycles. The first-order valence-electron chi connectivity index (χ1n) is 10.4. The highest BCUT2D eigenvalue weighted by Gasteiger charge is 2.38. The van der Waals surface area contributed by atoms with E-state index >= 15 is 0 Å². The molecule has 0 radical (unpaired) electrons. The normalized spacial score (nSPS) is 20.3. The SMILES string of the molecule is CN=C(NCCc1ccc(C)nc1)NCC1(N2CCOCC2)CCCCC1.I. The Kier molecular flexibility index (Phi) is 9.94. The first-order valence-corrected chi connectivity index (χ1v) is 10.4. The first kappa shape index (κ1) is 23.3. The Hall–Kier alpha value is -0.930. The maximum atomic E-state index is 5.58. The van der Waals surface area contributed by atoms with Crippen molar-refractivity contribution >= 4 is 29.9 Å². The van der Waals surface area contributed by atoms with E-state index in [0.29, 0.717) is 0 Å². The van der Waals surface area contributed by atoms with E-state index in [1.165, 1.54) is 37.7 Å². The quantitative estimate of drug-likeness (QED) is 0.357. The minimum absolute atomic E-state index is 0. The number of aliphatic imine (C=N–C) groups is 1. The van der Waals surface area contributed by atoms with Gasteiger partial charge >= 0.3 is 0 Å². The predicted molar refractivity (Wildman–Crippen MR) is 126 cm³/mol. The smallest absolute Gasteiger partial charge is 0.191 e. The zero-order valence-electron chi connectivity index (χ0n) is 17.4. The minimum atomic E-state index is 0. The van der Waals surface area contributed by atoms with Crippen LogP contribution in [0, 0.1) is 6.92 Å². The van der Waals surface area contributed by atoms with Crippen molar-refractivity contribution in [3.8, 4) is 0 Å². The molecule has 3 rings (SSSR count). The summed E-state index contributed by atoms with van der Waals surface area (Å²) in [6, 6.07) is 4.22. The monoisotopic (exact) mass is 501 g/mol. The number of guanidine groups is 1. The van der Waals surface area contributed by atoms with Crippen LogP contribution in [0.2, 0.25) is 0 Å². The zero-order valence-corrected chi connectivity index (χ0v) is 19.7. The molecule has 0 unspecified atom stereocenters. The molecule has 2 aliphatic rings. The molecule has 1 saturated heterocycles. The largest absolute Gasteiger partial charge is 0.379 e. The van der Waals surface area contributed by atoms with Crippen molar-refractivity contribution in [3.63, 3.8) is 0 Å². The highest BCUT2D eigenvalue weighted by Crippen LogP contribution is 2.33. The molecule has 0 bridgehead atoms. The topological polar surface area (TPSA) is 61.8 Å². The van der Waals surface area contributed by atoms with E-state index < -0.39 is 0 Å². The molecule has 7 heteroatoms. The fourth-order valence-corrected chi connectivity index (χ4v) is 4.29. The van der Waals surface area contributed by atoms with Crippen LogP contribution in [0.1, 0.15) is 43.4 Å². The molecule has 0 amide bonds. The number of halogens is 1. The summed E-state index contributed by atoms with van der Waals surface area (Å²) >= 11 is 0. The third-order valence-corrected chi connectivity index (χ3v) is 5.95. The number of morpholine rings is 1. The van der Waals surface area contributed by atoms with Gasteiger partial charge in [0.05, 0.1) is 13.2 Å². The van der Waals surface area contributed by atoms with E-state index in [9.17, 15) is 0 Å². The second-order valence-corrected chi connectivity index (χ2v) is 7.79. The molecule has 2 fully saturated rings. The molecule has 1 aliphatic carbocycles. The third-order valence-electron chi connectivity index (χ3n) is 5.95. The Bertz CT molecular complexity index is 595. The van der Waals surface area contributed by atoms with Gasteiger partial charge < -0.3 is 15.4 Å². The van der Waals surface area contributed by atoms with Crippen molar-refractivity contribution in [3.05, 3.63) is 29.6 Å². The standard InChI is InChI=1S/C21H35N5O.HI/c1-18-6-7-19(16-24-18)8-11-23-20(22-2)25-17-21(9-4-3-5-10-21)26-12-14-27-15-13-26;/h6-7,16H,3-5,8-15,17H2,1-2H3,(H2,22,23,25);1H. The lowest BCUT2D eigenvalue weighted by molar-refractivity contribution is -0.0352. The molecular weight excluding hydrogens is 465 g/mol.